The second-order valence-corrected chi connectivity index (χ2v) is 9.61. The summed E-state index contributed by atoms with van der Waals surface area (Å²) in [5.74, 6) is 0. The van der Waals surface area contributed by atoms with E-state index in [1.54, 1.807) is 25.2 Å². The molecule has 0 nitrogen and oxygen atoms in total. The van der Waals surface area contributed by atoms with E-state index in [9.17, 15) is 0 Å². The van der Waals surface area contributed by atoms with Gasteiger partial charge in [0.1, 0.15) is 0 Å². The molecule has 0 aromatic rings. The average molecular weight is 172 g/mol. The Morgan fingerprint density at radius 1 is 1.27 bits per heavy atom. The predicted octanol–water partition coefficient (Wildman–Crippen LogP) is 3.10. The zero-order valence-electron chi connectivity index (χ0n) is 7.90. The molecule has 2 unspecified atom stereocenters. The van der Waals surface area contributed by atoms with Crippen LogP contribution in [0.5, 0.6) is 0 Å². The van der Waals surface area contributed by atoms with Crippen molar-refractivity contribution in [2.24, 2.45) is 0 Å². The van der Waals surface area contributed by atoms with Crippen LogP contribution in [0.2, 0.25) is 0 Å². The van der Waals surface area contributed by atoms with E-state index in [0.29, 0.717) is 0 Å². The third kappa shape index (κ3) is 1.06. The second kappa shape index (κ2) is 2.73. The first-order chi connectivity index (χ1) is 5.33. The van der Waals surface area contributed by atoms with Crippen LogP contribution in [0.25, 0.3) is 0 Å². The third-order valence-electron chi connectivity index (χ3n) is 4.01. The van der Waals surface area contributed by atoms with Gasteiger partial charge in [-0.25, -0.2) is 0 Å². The number of hydrogen-bond acceptors (Lipinski definition) is 0. The van der Waals surface area contributed by atoms with Crippen molar-refractivity contribution in [1.82, 2.24) is 0 Å². The maximum absolute atomic E-state index is 2.37. The van der Waals surface area contributed by atoms with Crippen LogP contribution in [0, 0.1) is 0 Å². The van der Waals surface area contributed by atoms with Gasteiger partial charge < -0.3 is 0 Å². The van der Waals surface area contributed by atoms with E-state index in [4.69, 9.17) is 0 Å². The first-order valence-electron chi connectivity index (χ1n) is 5.33. The van der Waals surface area contributed by atoms with E-state index in [1.165, 1.54) is 24.2 Å². The molecule has 66 valence electrons. The summed E-state index contributed by atoms with van der Waals surface area (Å²) in [6.07, 6.45) is 9.52. The van der Waals surface area contributed by atoms with E-state index in [0.717, 1.165) is 0 Å². The molecule has 0 N–H and O–H groups in total. The van der Waals surface area contributed by atoms with Gasteiger partial charge >= 0.3 is 70.4 Å². The Morgan fingerprint density at radius 3 is 2.55 bits per heavy atom. The van der Waals surface area contributed by atoms with Crippen LogP contribution in [0.1, 0.15) is 39.5 Å². The Labute approximate surface area is 71.1 Å². The summed E-state index contributed by atoms with van der Waals surface area (Å²) in [6, 6.07) is 0. The molecule has 2 heterocycles. The Bertz CT molecular complexity index is 153. The summed E-state index contributed by atoms with van der Waals surface area (Å²) in [4.78, 5) is 0. The number of hydrogen-bond donors (Lipinski definition) is 0. The van der Waals surface area contributed by atoms with E-state index in [2.05, 4.69) is 13.8 Å². The molecule has 0 bridgehead atoms. The summed E-state index contributed by atoms with van der Waals surface area (Å²) < 4.78 is 0. The molecule has 0 aromatic heterocycles. The normalized spacial score (nSPS) is 40.5. The van der Waals surface area contributed by atoms with Crippen molar-refractivity contribution >= 4 is 7.26 Å². The summed E-state index contributed by atoms with van der Waals surface area (Å²) in [5.41, 5.74) is 2.59. The summed E-state index contributed by atoms with van der Waals surface area (Å²) in [6.45, 7) is 4.72. The van der Waals surface area contributed by atoms with E-state index < -0.39 is 7.26 Å². The molecule has 0 amide bonds. The maximum atomic E-state index is 2.37. The zero-order valence-corrected chi connectivity index (χ0v) is 8.90. The molecule has 0 aliphatic carbocycles. The molecule has 2 aliphatic rings. The monoisotopic (exact) mass is 172 g/mol. The minimum atomic E-state index is -0.480. The van der Waals surface area contributed by atoms with Crippen molar-refractivity contribution in [2.75, 3.05) is 12.3 Å². The molecule has 2 rings (SSSR count). The van der Waals surface area contributed by atoms with Gasteiger partial charge in [-0.2, -0.15) is 0 Å². The van der Waals surface area contributed by atoms with Crippen LogP contribution in [-0.2, 0) is 0 Å². The van der Waals surface area contributed by atoms with Crippen LogP contribution in [0.4, 0.5) is 0 Å². The fraction of sp³-hybridized carbons (Fsp3) is 1.00. The van der Waals surface area contributed by atoms with Crippen molar-refractivity contribution in [2.45, 2.75) is 50.8 Å². The quantitative estimate of drug-likeness (QED) is 0.572. The van der Waals surface area contributed by atoms with Crippen LogP contribution in [0.3, 0.4) is 0 Å². The van der Waals surface area contributed by atoms with Crippen molar-refractivity contribution < 1.29 is 0 Å². The van der Waals surface area contributed by atoms with Crippen molar-refractivity contribution in [3.05, 3.63) is 0 Å². The van der Waals surface area contributed by atoms with E-state index in [1.807, 2.05) is 0 Å². The molecule has 2 atom stereocenters. The van der Waals surface area contributed by atoms with Gasteiger partial charge in [0.05, 0.1) is 0 Å². The minimum absolute atomic E-state index is 0.480. The molecule has 0 saturated carbocycles. The summed E-state index contributed by atoms with van der Waals surface area (Å²) in [7, 11) is -0.480. The second-order valence-electron chi connectivity index (χ2n) is 4.61. The Morgan fingerprint density at radius 2 is 2.09 bits per heavy atom. The first-order valence-corrected chi connectivity index (χ1v) is 7.90. The fourth-order valence-corrected chi connectivity index (χ4v) is 10.0. The van der Waals surface area contributed by atoms with Crippen molar-refractivity contribution in [1.29, 1.82) is 0 Å². The molecular weight excluding hydrogens is 151 g/mol. The summed E-state index contributed by atoms with van der Waals surface area (Å²) in [5, 5.41) is 0. The summed E-state index contributed by atoms with van der Waals surface area (Å²) >= 11 is 0. The molecular formula is C10H21P. The first kappa shape index (κ1) is 8.05. The van der Waals surface area contributed by atoms with Gasteiger partial charge in [-0.05, 0) is 0 Å². The van der Waals surface area contributed by atoms with Gasteiger partial charge in [-0.1, -0.05) is 0 Å². The molecule has 2 fully saturated rings. The van der Waals surface area contributed by atoms with Crippen LogP contribution in [0.15, 0.2) is 0 Å². The van der Waals surface area contributed by atoms with Crippen LogP contribution < -0.4 is 0 Å². The van der Waals surface area contributed by atoms with Gasteiger partial charge in [0, 0.05) is 0 Å². The van der Waals surface area contributed by atoms with Crippen molar-refractivity contribution in [3.63, 3.8) is 0 Å². The van der Waals surface area contributed by atoms with Gasteiger partial charge in [-0.3, -0.25) is 0 Å². The number of fused-ring (bicyclic) bond motifs is 1. The molecule has 0 spiro atoms. The van der Waals surface area contributed by atoms with Crippen LogP contribution in [-0.4, -0.2) is 23.6 Å². The Kier molecular flexibility index (Phi) is 2.00. The Balaban J connectivity index is 1.86. The number of rotatable bonds is 4. The molecule has 0 radical (unpaired) electrons. The van der Waals surface area contributed by atoms with E-state index in [-0.39, 0.29) is 0 Å². The van der Waals surface area contributed by atoms with Gasteiger partial charge in [0.25, 0.3) is 0 Å². The van der Waals surface area contributed by atoms with Gasteiger partial charge in [0.2, 0.25) is 0 Å². The SMILES string of the molecule is CCCC1CC2C[PH]12CCC. The molecule has 1 heteroatoms. The van der Waals surface area contributed by atoms with E-state index >= 15 is 0 Å². The fourth-order valence-electron chi connectivity index (χ4n) is 3.37. The van der Waals surface area contributed by atoms with Gasteiger partial charge in [-0.15, -0.1) is 0 Å². The molecule has 2 saturated heterocycles. The molecule has 0 aromatic carbocycles. The Hall–Kier alpha value is 0.430. The third-order valence-corrected chi connectivity index (χ3v) is 10.4. The van der Waals surface area contributed by atoms with Gasteiger partial charge in [0.15, 0.2) is 0 Å². The zero-order chi connectivity index (χ0) is 7.90. The predicted molar refractivity (Wildman–Crippen MR) is 55.4 cm³/mol. The standard InChI is InChI=1S/C10H21P/c1-3-5-9-7-10-8-11(9,10)6-4-2/h9-11H,3-8H2,1-2H3. The molecule has 11 heavy (non-hydrogen) atoms. The average Bonchev–Trinajstić information content (AvgIpc) is 2.55. The topological polar surface area (TPSA) is 0 Å². The van der Waals surface area contributed by atoms with Crippen LogP contribution >= 0.6 is 7.26 Å². The van der Waals surface area contributed by atoms with Crippen molar-refractivity contribution in [3.8, 4) is 0 Å². The molecule has 2 aliphatic heterocycles.